The van der Waals surface area contributed by atoms with Crippen molar-refractivity contribution in [2.24, 2.45) is 0 Å². The van der Waals surface area contributed by atoms with E-state index >= 15 is 0 Å². The van der Waals surface area contributed by atoms with Gasteiger partial charge in [-0.05, 0) is 55.4 Å². The maximum absolute atomic E-state index is 12.9. The first kappa shape index (κ1) is 23.9. The number of para-hydroxylation sites is 2. The Morgan fingerprint density at radius 2 is 1.52 bits per heavy atom. The molecule has 3 aromatic rings. The topological polar surface area (TPSA) is 79.5 Å². The first-order valence-corrected chi connectivity index (χ1v) is 11.2. The molecule has 0 spiro atoms. The molecule has 0 saturated carbocycles. The summed E-state index contributed by atoms with van der Waals surface area (Å²) < 4.78 is 5.65. The van der Waals surface area contributed by atoms with Crippen molar-refractivity contribution in [2.45, 2.75) is 26.3 Å². The number of benzene rings is 3. The van der Waals surface area contributed by atoms with E-state index in [1.54, 1.807) is 42.5 Å². The summed E-state index contributed by atoms with van der Waals surface area (Å²) in [7, 11) is 0. The van der Waals surface area contributed by atoms with Crippen LogP contribution in [0.4, 0.5) is 5.69 Å². The summed E-state index contributed by atoms with van der Waals surface area (Å²) in [5.41, 5.74) is 2.31. The van der Waals surface area contributed by atoms with Crippen LogP contribution >= 0.6 is 12.2 Å². The normalized spacial score (nSPS) is 11.2. The number of nitrogens with one attached hydrogen (secondary N) is 3. The molecule has 0 radical (unpaired) electrons. The lowest BCUT2D eigenvalue weighted by molar-refractivity contribution is 0.0939. The molecule has 0 aliphatic carbocycles. The smallest absolute Gasteiger partial charge is 0.261 e. The van der Waals surface area contributed by atoms with Gasteiger partial charge in [0, 0.05) is 0 Å². The minimum absolute atomic E-state index is 0.0849. The number of hydrogen-bond acceptors (Lipinski definition) is 4. The van der Waals surface area contributed by atoms with Crippen molar-refractivity contribution < 1.29 is 14.3 Å². The highest BCUT2D eigenvalue weighted by atomic mass is 32.1. The summed E-state index contributed by atoms with van der Waals surface area (Å²) >= 11 is 5.34. The van der Waals surface area contributed by atoms with Crippen LogP contribution in [0.5, 0.6) is 5.75 Å². The van der Waals surface area contributed by atoms with Gasteiger partial charge in [-0.25, -0.2) is 0 Å². The molecule has 2 amide bonds. The number of amides is 2. The van der Waals surface area contributed by atoms with Crippen LogP contribution in [-0.4, -0.2) is 23.5 Å². The van der Waals surface area contributed by atoms with Crippen LogP contribution in [-0.2, 0) is 0 Å². The van der Waals surface area contributed by atoms with E-state index in [9.17, 15) is 9.59 Å². The summed E-state index contributed by atoms with van der Waals surface area (Å²) in [6.45, 7) is 4.43. The van der Waals surface area contributed by atoms with Gasteiger partial charge in [0.05, 0.1) is 29.5 Å². The minimum Gasteiger partial charge on any atom is -0.493 e. The van der Waals surface area contributed by atoms with E-state index in [0.717, 1.165) is 12.0 Å². The molecule has 170 valence electrons. The van der Waals surface area contributed by atoms with Gasteiger partial charge in [0.1, 0.15) is 5.75 Å². The van der Waals surface area contributed by atoms with E-state index in [1.165, 1.54) is 0 Å². The minimum atomic E-state index is -0.390. The molecular formula is C26H27N3O3S. The number of anilines is 1. The number of carbonyl (C=O) groups is 2. The second-order valence-electron chi connectivity index (χ2n) is 7.40. The monoisotopic (exact) mass is 461 g/mol. The number of ether oxygens (including phenoxy) is 1. The fourth-order valence-electron chi connectivity index (χ4n) is 3.21. The summed E-state index contributed by atoms with van der Waals surface area (Å²) in [6.07, 6.45) is 0.831. The lowest BCUT2D eigenvalue weighted by Crippen LogP contribution is -2.35. The van der Waals surface area contributed by atoms with Crippen molar-refractivity contribution in [3.05, 3.63) is 95.6 Å². The molecular weight excluding hydrogens is 434 g/mol. The third-order valence-corrected chi connectivity index (χ3v) is 5.09. The second-order valence-corrected chi connectivity index (χ2v) is 7.81. The maximum atomic E-state index is 12.9. The fraction of sp³-hybridized carbons (Fsp3) is 0.192. The highest BCUT2D eigenvalue weighted by Gasteiger charge is 2.17. The first-order valence-electron chi connectivity index (χ1n) is 10.8. The van der Waals surface area contributed by atoms with Crippen LogP contribution in [0.25, 0.3) is 0 Å². The molecule has 0 aliphatic rings. The van der Waals surface area contributed by atoms with Gasteiger partial charge in [0.2, 0.25) is 0 Å². The standard InChI is InChI=1S/C26H27N3O3S/c1-3-17-32-23-16-10-8-14-21(23)25(31)29-26(33)28-22-15-9-7-13-20(22)24(30)27-18(2)19-11-5-4-6-12-19/h4-16,18H,3,17H2,1-2H3,(H,27,30)(H2,28,29,31,33). The van der Waals surface area contributed by atoms with Gasteiger partial charge < -0.3 is 15.4 Å². The van der Waals surface area contributed by atoms with Crippen molar-refractivity contribution in [3.63, 3.8) is 0 Å². The van der Waals surface area contributed by atoms with Gasteiger partial charge >= 0.3 is 0 Å². The van der Waals surface area contributed by atoms with Crippen molar-refractivity contribution in [1.82, 2.24) is 10.6 Å². The molecule has 0 saturated heterocycles. The Morgan fingerprint density at radius 1 is 0.879 bits per heavy atom. The molecule has 0 heterocycles. The SMILES string of the molecule is CCCOc1ccccc1C(=O)NC(=S)Nc1ccccc1C(=O)NC(C)c1ccccc1. The number of hydrogen-bond donors (Lipinski definition) is 3. The van der Waals surface area contributed by atoms with Crippen LogP contribution in [0.15, 0.2) is 78.9 Å². The molecule has 3 N–H and O–H groups in total. The van der Waals surface area contributed by atoms with Gasteiger partial charge in [0.25, 0.3) is 11.8 Å². The predicted molar refractivity (Wildman–Crippen MR) is 135 cm³/mol. The van der Waals surface area contributed by atoms with E-state index in [0.29, 0.717) is 29.2 Å². The van der Waals surface area contributed by atoms with Gasteiger partial charge in [-0.2, -0.15) is 0 Å². The first-order chi connectivity index (χ1) is 16.0. The number of thiocarbonyl (C=S) groups is 1. The Hall–Kier alpha value is -3.71. The number of carbonyl (C=O) groups excluding carboxylic acids is 2. The van der Waals surface area contributed by atoms with E-state index in [-0.39, 0.29) is 23.0 Å². The molecule has 0 aromatic heterocycles. The van der Waals surface area contributed by atoms with E-state index in [4.69, 9.17) is 17.0 Å². The summed E-state index contributed by atoms with van der Waals surface area (Å²) in [6, 6.07) is 23.5. The molecule has 3 rings (SSSR count). The van der Waals surface area contributed by atoms with Gasteiger partial charge in [-0.1, -0.05) is 61.5 Å². The van der Waals surface area contributed by atoms with E-state index in [2.05, 4.69) is 16.0 Å². The highest BCUT2D eigenvalue weighted by molar-refractivity contribution is 7.80. The molecule has 6 nitrogen and oxygen atoms in total. The maximum Gasteiger partial charge on any atom is 0.261 e. The zero-order valence-corrected chi connectivity index (χ0v) is 19.4. The molecule has 7 heteroatoms. The third-order valence-electron chi connectivity index (χ3n) is 4.89. The van der Waals surface area contributed by atoms with Crippen LogP contribution in [0.2, 0.25) is 0 Å². The molecule has 33 heavy (non-hydrogen) atoms. The summed E-state index contributed by atoms with van der Waals surface area (Å²) in [4.78, 5) is 25.7. The summed E-state index contributed by atoms with van der Waals surface area (Å²) in [5.74, 6) is -0.143. The predicted octanol–water partition coefficient (Wildman–Crippen LogP) is 5.09. The van der Waals surface area contributed by atoms with Gasteiger partial charge in [-0.3, -0.25) is 14.9 Å². The Morgan fingerprint density at radius 3 is 2.24 bits per heavy atom. The lowest BCUT2D eigenvalue weighted by atomic mass is 10.1. The van der Waals surface area contributed by atoms with E-state index < -0.39 is 0 Å². The van der Waals surface area contributed by atoms with Crippen LogP contribution in [0, 0.1) is 0 Å². The molecule has 0 aliphatic heterocycles. The lowest BCUT2D eigenvalue weighted by Gasteiger charge is -2.17. The Labute approximate surface area is 199 Å². The van der Waals surface area contributed by atoms with Crippen molar-refractivity contribution in [1.29, 1.82) is 0 Å². The van der Waals surface area contributed by atoms with Crippen LogP contribution in [0.1, 0.15) is 52.6 Å². The second kappa shape index (κ2) is 11.8. The Bertz CT molecular complexity index is 1120. The molecule has 3 aromatic carbocycles. The largest absolute Gasteiger partial charge is 0.493 e. The Balaban J connectivity index is 1.67. The van der Waals surface area contributed by atoms with E-state index in [1.807, 2.05) is 50.2 Å². The van der Waals surface area contributed by atoms with Crippen molar-refractivity contribution in [3.8, 4) is 5.75 Å². The van der Waals surface area contributed by atoms with Gasteiger partial charge in [-0.15, -0.1) is 0 Å². The molecule has 0 fully saturated rings. The quantitative estimate of drug-likeness (QED) is 0.407. The van der Waals surface area contributed by atoms with Crippen LogP contribution in [0.3, 0.4) is 0 Å². The average molecular weight is 462 g/mol. The zero-order chi connectivity index (χ0) is 23.6. The highest BCUT2D eigenvalue weighted by Crippen LogP contribution is 2.20. The third kappa shape index (κ3) is 6.63. The fourth-order valence-corrected chi connectivity index (χ4v) is 3.41. The molecule has 1 atom stereocenters. The average Bonchev–Trinajstić information content (AvgIpc) is 2.83. The molecule has 0 bridgehead atoms. The van der Waals surface area contributed by atoms with Crippen molar-refractivity contribution >= 4 is 34.8 Å². The van der Waals surface area contributed by atoms with Crippen molar-refractivity contribution in [2.75, 3.05) is 11.9 Å². The molecule has 1 unspecified atom stereocenters. The number of rotatable bonds is 8. The van der Waals surface area contributed by atoms with Crippen LogP contribution < -0.4 is 20.7 Å². The zero-order valence-electron chi connectivity index (χ0n) is 18.6. The summed E-state index contributed by atoms with van der Waals surface area (Å²) in [5, 5.41) is 8.71. The van der Waals surface area contributed by atoms with Gasteiger partial charge in [0.15, 0.2) is 5.11 Å². The Kier molecular flexibility index (Phi) is 8.55.